The van der Waals surface area contributed by atoms with Crippen LogP contribution in [0.5, 0.6) is 0 Å². The average molecular weight is 177 g/mol. The predicted octanol–water partition coefficient (Wildman–Crippen LogP) is 2.00. The first kappa shape index (κ1) is 8.48. The normalized spacial score (nSPS) is 24.1. The number of anilines is 1. The molecule has 70 valence electrons. The highest BCUT2D eigenvalue weighted by Crippen LogP contribution is 2.46. The molecule has 2 rings (SSSR count). The topological polar surface area (TPSA) is 37.8 Å². The van der Waals surface area contributed by atoms with Crippen molar-refractivity contribution in [3.8, 4) is 0 Å². The Balaban J connectivity index is 2.03. The summed E-state index contributed by atoms with van der Waals surface area (Å²) in [7, 11) is 0. The maximum absolute atomic E-state index is 4.16. The SMILES string of the molecule is Cc1cc(NC2CC2(C)C)ncn1. The number of nitrogens with zero attached hydrogens (tertiary/aromatic N) is 2. The fourth-order valence-electron chi connectivity index (χ4n) is 1.43. The van der Waals surface area contributed by atoms with E-state index in [1.165, 1.54) is 6.42 Å². The van der Waals surface area contributed by atoms with Gasteiger partial charge in [0.2, 0.25) is 0 Å². The summed E-state index contributed by atoms with van der Waals surface area (Å²) in [5.41, 5.74) is 1.45. The molecule has 1 saturated carbocycles. The maximum atomic E-state index is 4.16. The molecule has 0 aliphatic heterocycles. The van der Waals surface area contributed by atoms with Crippen LogP contribution in [-0.2, 0) is 0 Å². The van der Waals surface area contributed by atoms with Crippen molar-refractivity contribution in [2.45, 2.75) is 33.2 Å². The van der Waals surface area contributed by atoms with Gasteiger partial charge in [0.1, 0.15) is 12.1 Å². The van der Waals surface area contributed by atoms with E-state index in [0.717, 1.165) is 11.5 Å². The smallest absolute Gasteiger partial charge is 0.129 e. The lowest BCUT2D eigenvalue weighted by Gasteiger charge is -2.06. The number of aromatic nitrogens is 2. The Kier molecular flexibility index (Phi) is 1.75. The van der Waals surface area contributed by atoms with E-state index in [1.54, 1.807) is 6.33 Å². The molecule has 1 fully saturated rings. The number of nitrogens with one attached hydrogen (secondary N) is 1. The highest BCUT2D eigenvalue weighted by molar-refractivity contribution is 5.38. The molecule has 0 saturated heterocycles. The van der Waals surface area contributed by atoms with E-state index in [0.29, 0.717) is 11.5 Å². The quantitative estimate of drug-likeness (QED) is 0.750. The van der Waals surface area contributed by atoms with Crippen molar-refractivity contribution in [1.29, 1.82) is 0 Å². The van der Waals surface area contributed by atoms with Crippen molar-refractivity contribution in [3.05, 3.63) is 18.1 Å². The number of hydrogen-bond acceptors (Lipinski definition) is 3. The van der Waals surface area contributed by atoms with Gasteiger partial charge in [0.25, 0.3) is 0 Å². The molecule has 1 aliphatic rings. The van der Waals surface area contributed by atoms with E-state index in [4.69, 9.17) is 0 Å². The van der Waals surface area contributed by atoms with Gasteiger partial charge in [-0.3, -0.25) is 0 Å². The zero-order valence-corrected chi connectivity index (χ0v) is 8.33. The first-order valence-corrected chi connectivity index (χ1v) is 4.63. The van der Waals surface area contributed by atoms with Crippen molar-refractivity contribution < 1.29 is 0 Å². The number of rotatable bonds is 2. The second-order valence-corrected chi connectivity index (χ2v) is 4.43. The zero-order chi connectivity index (χ0) is 9.47. The van der Waals surface area contributed by atoms with Crippen molar-refractivity contribution >= 4 is 5.82 Å². The van der Waals surface area contributed by atoms with Crippen LogP contribution in [0.3, 0.4) is 0 Å². The van der Waals surface area contributed by atoms with Gasteiger partial charge in [0.15, 0.2) is 0 Å². The Bertz CT molecular complexity index is 320. The molecule has 3 nitrogen and oxygen atoms in total. The minimum Gasteiger partial charge on any atom is -0.367 e. The van der Waals surface area contributed by atoms with Crippen molar-refractivity contribution in [2.24, 2.45) is 5.41 Å². The summed E-state index contributed by atoms with van der Waals surface area (Å²) < 4.78 is 0. The summed E-state index contributed by atoms with van der Waals surface area (Å²) >= 11 is 0. The number of hydrogen-bond donors (Lipinski definition) is 1. The summed E-state index contributed by atoms with van der Waals surface area (Å²) in [5, 5.41) is 3.40. The first-order valence-electron chi connectivity index (χ1n) is 4.63. The third kappa shape index (κ3) is 1.79. The van der Waals surface area contributed by atoms with Crippen LogP contribution in [0.2, 0.25) is 0 Å². The van der Waals surface area contributed by atoms with Gasteiger partial charge in [-0.15, -0.1) is 0 Å². The molecule has 0 radical (unpaired) electrons. The first-order chi connectivity index (χ1) is 6.08. The molecule has 1 aromatic heterocycles. The van der Waals surface area contributed by atoms with Crippen molar-refractivity contribution in [2.75, 3.05) is 5.32 Å². The van der Waals surface area contributed by atoms with Crippen molar-refractivity contribution in [3.63, 3.8) is 0 Å². The van der Waals surface area contributed by atoms with Crippen molar-refractivity contribution in [1.82, 2.24) is 9.97 Å². The predicted molar refractivity (Wildman–Crippen MR) is 52.6 cm³/mol. The molecule has 1 N–H and O–H groups in total. The Morgan fingerprint density at radius 3 is 2.69 bits per heavy atom. The van der Waals surface area contributed by atoms with E-state index in [-0.39, 0.29) is 0 Å². The van der Waals surface area contributed by atoms with E-state index in [2.05, 4.69) is 29.1 Å². The minimum atomic E-state index is 0.443. The Hall–Kier alpha value is -1.12. The molecule has 0 amide bonds. The Morgan fingerprint density at radius 1 is 1.46 bits per heavy atom. The molecular formula is C10H15N3. The van der Waals surface area contributed by atoms with Gasteiger partial charge in [0.05, 0.1) is 0 Å². The molecule has 3 heteroatoms. The van der Waals surface area contributed by atoms with Crippen LogP contribution in [0.15, 0.2) is 12.4 Å². The molecule has 0 bridgehead atoms. The zero-order valence-electron chi connectivity index (χ0n) is 8.33. The molecule has 1 aromatic rings. The van der Waals surface area contributed by atoms with Gasteiger partial charge in [-0.1, -0.05) is 13.8 Å². The molecule has 1 aliphatic carbocycles. The monoisotopic (exact) mass is 177 g/mol. The van der Waals surface area contributed by atoms with Crippen LogP contribution in [0.4, 0.5) is 5.82 Å². The third-order valence-corrected chi connectivity index (χ3v) is 2.64. The van der Waals surface area contributed by atoms with Crippen LogP contribution < -0.4 is 5.32 Å². The van der Waals surface area contributed by atoms with E-state index in [9.17, 15) is 0 Å². The molecule has 0 aromatic carbocycles. The van der Waals surface area contributed by atoms with Crippen LogP contribution in [0.1, 0.15) is 26.0 Å². The van der Waals surface area contributed by atoms with Gasteiger partial charge in [-0.2, -0.15) is 0 Å². The van der Waals surface area contributed by atoms with Gasteiger partial charge < -0.3 is 5.32 Å². The van der Waals surface area contributed by atoms with E-state index < -0.39 is 0 Å². The van der Waals surface area contributed by atoms with Crippen LogP contribution in [0, 0.1) is 12.3 Å². The maximum Gasteiger partial charge on any atom is 0.129 e. The second-order valence-electron chi connectivity index (χ2n) is 4.43. The average Bonchev–Trinajstić information content (AvgIpc) is 2.58. The van der Waals surface area contributed by atoms with Gasteiger partial charge >= 0.3 is 0 Å². The fraction of sp³-hybridized carbons (Fsp3) is 0.600. The Labute approximate surface area is 78.6 Å². The standard InChI is InChI=1S/C10H15N3/c1-7-4-9(12-6-11-7)13-8-5-10(8,2)3/h4,6,8H,5H2,1-3H3,(H,11,12,13). The van der Waals surface area contributed by atoms with E-state index >= 15 is 0 Å². The van der Waals surface area contributed by atoms with E-state index in [1.807, 2.05) is 13.0 Å². The summed E-state index contributed by atoms with van der Waals surface area (Å²) in [4.78, 5) is 8.22. The van der Waals surface area contributed by atoms with Gasteiger partial charge in [-0.25, -0.2) is 9.97 Å². The van der Waals surface area contributed by atoms with Crippen LogP contribution in [-0.4, -0.2) is 16.0 Å². The lowest BCUT2D eigenvalue weighted by molar-refractivity contribution is 0.629. The van der Waals surface area contributed by atoms with Crippen LogP contribution in [0.25, 0.3) is 0 Å². The second kappa shape index (κ2) is 2.69. The van der Waals surface area contributed by atoms with Gasteiger partial charge in [0, 0.05) is 17.8 Å². The lowest BCUT2D eigenvalue weighted by Crippen LogP contribution is -2.09. The van der Waals surface area contributed by atoms with Crippen LogP contribution >= 0.6 is 0 Å². The highest BCUT2D eigenvalue weighted by Gasteiger charge is 2.45. The summed E-state index contributed by atoms with van der Waals surface area (Å²) in [5.74, 6) is 0.947. The minimum absolute atomic E-state index is 0.443. The highest BCUT2D eigenvalue weighted by atomic mass is 15.1. The summed E-state index contributed by atoms with van der Waals surface area (Å²) in [6.45, 7) is 6.50. The molecular weight excluding hydrogens is 162 g/mol. The molecule has 0 spiro atoms. The largest absolute Gasteiger partial charge is 0.367 e. The summed E-state index contributed by atoms with van der Waals surface area (Å²) in [6.07, 6.45) is 2.84. The fourth-order valence-corrected chi connectivity index (χ4v) is 1.43. The third-order valence-electron chi connectivity index (χ3n) is 2.64. The molecule has 1 heterocycles. The molecule has 1 atom stereocenters. The Morgan fingerprint density at radius 2 is 2.15 bits per heavy atom. The summed E-state index contributed by atoms with van der Waals surface area (Å²) in [6, 6.07) is 2.57. The lowest BCUT2D eigenvalue weighted by atomic mass is 10.2. The molecule has 1 unspecified atom stereocenters. The number of aryl methyl sites for hydroxylation is 1. The molecule has 13 heavy (non-hydrogen) atoms. The van der Waals surface area contributed by atoms with Gasteiger partial charge in [-0.05, 0) is 18.8 Å².